The van der Waals surface area contributed by atoms with Gasteiger partial charge in [0.25, 0.3) is 0 Å². The van der Waals surface area contributed by atoms with Gasteiger partial charge in [0.05, 0.1) is 12.2 Å². The van der Waals surface area contributed by atoms with E-state index in [1.54, 1.807) is 0 Å². The maximum absolute atomic E-state index is 12.7. The summed E-state index contributed by atoms with van der Waals surface area (Å²) in [6, 6.07) is 16.3. The van der Waals surface area contributed by atoms with Crippen LogP contribution in [-0.4, -0.2) is 12.5 Å². The molecule has 1 heterocycles. The van der Waals surface area contributed by atoms with E-state index in [4.69, 9.17) is 0 Å². The molecule has 0 bridgehead atoms. The lowest BCUT2D eigenvalue weighted by Gasteiger charge is -2.27. The number of nitrogens with zero attached hydrogens (tertiary/aromatic N) is 1. The van der Waals surface area contributed by atoms with E-state index >= 15 is 0 Å². The van der Waals surface area contributed by atoms with Crippen molar-refractivity contribution < 1.29 is 4.79 Å². The predicted molar refractivity (Wildman–Crippen MR) is 99.6 cm³/mol. The Balaban J connectivity index is 2.05. The largest absolute Gasteiger partial charge is 0.307 e. The van der Waals surface area contributed by atoms with Crippen LogP contribution in [0.4, 0.5) is 5.69 Å². The Labute approximate surface area is 144 Å². The molecule has 2 aromatic carbocycles. The van der Waals surface area contributed by atoms with Gasteiger partial charge in [0.2, 0.25) is 5.91 Å². The number of anilines is 1. The molecule has 2 aromatic rings. The molecule has 0 aliphatic carbocycles. The number of hydrogen-bond acceptors (Lipinski definition) is 2. The smallest absolute Gasteiger partial charge is 0.228 e. The molecule has 0 atom stereocenters. The van der Waals surface area contributed by atoms with Gasteiger partial charge in [-0.1, -0.05) is 54.6 Å². The SMILES string of the molecule is O=C(CCNI)N1Cc2ccccc2/C=C\c2ccccc21. The summed E-state index contributed by atoms with van der Waals surface area (Å²) in [4.78, 5) is 14.5. The summed E-state index contributed by atoms with van der Waals surface area (Å²) in [6.45, 7) is 1.28. The lowest BCUT2D eigenvalue weighted by atomic mass is 10.0. The molecule has 0 unspecified atom stereocenters. The van der Waals surface area contributed by atoms with Crippen molar-refractivity contribution in [3.05, 3.63) is 65.2 Å². The number of benzene rings is 2. The summed E-state index contributed by atoms with van der Waals surface area (Å²) in [5, 5.41) is 0. The van der Waals surface area contributed by atoms with Gasteiger partial charge in [0.1, 0.15) is 0 Å². The van der Waals surface area contributed by atoms with E-state index in [1.807, 2.05) is 35.2 Å². The van der Waals surface area contributed by atoms with Gasteiger partial charge in [0, 0.05) is 35.8 Å². The van der Waals surface area contributed by atoms with Crippen molar-refractivity contribution in [2.45, 2.75) is 13.0 Å². The predicted octanol–water partition coefficient (Wildman–Crippen LogP) is 4.03. The third-order valence-electron chi connectivity index (χ3n) is 3.79. The van der Waals surface area contributed by atoms with Crippen LogP contribution in [0.25, 0.3) is 12.2 Å². The highest BCUT2D eigenvalue weighted by Crippen LogP contribution is 2.29. The number of nitrogens with one attached hydrogen (secondary N) is 1. The van der Waals surface area contributed by atoms with Crippen molar-refractivity contribution in [3.63, 3.8) is 0 Å². The van der Waals surface area contributed by atoms with Crippen LogP contribution in [0, 0.1) is 0 Å². The Morgan fingerprint density at radius 2 is 1.73 bits per heavy atom. The van der Waals surface area contributed by atoms with Gasteiger partial charge >= 0.3 is 0 Å². The molecule has 0 fully saturated rings. The van der Waals surface area contributed by atoms with Crippen molar-refractivity contribution in [3.8, 4) is 0 Å². The fourth-order valence-corrected chi connectivity index (χ4v) is 2.93. The van der Waals surface area contributed by atoms with Gasteiger partial charge in [-0.05, 0) is 22.8 Å². The lowest BCUT2D eigenvalue weighted by Crippen LogP contribution is -2.32. The maximum atomic E-state index is 12.7. The Hall–Kier alpha value is -1.66. The zero-order chi connectivity index (χ0) is 15.4. The second kappa shape index (κ2) is 7.07. The zero-order valence-corrected chi connectivity index (χ0v) is 14.3. The summed E-state index contributed by atoms with van der Waals surface area (Å²) in [7, 11) is 0. The van der Waals surface area contributed by atoms with Gasteiger partial charge < -0.3 is 4.90 Å². The molecule has 0 saturated heterocycles. The second-order valence-electron chi connectivity index (χ2n) is 5.20. The van der Waals surface area contributed by atoms with Gasteiger partial charge in [-0.15, -0.1) is 0 Å². The Morgan fingerprint density at radius 3 is 2.55 bits per heavy atom. The Bertz CT molecular complexity index is 712. The number of rotatable bonds is 3. The third-order valence-corrected chi connectivity index (χ3v) is 4.33. The summed E-state index contributed by atoms with van der Waals surface area (Å²) in [5.74, 6) is 0.140. The number of carbonyl (C=O) groups is 1. The Kier molecular flexibility index (Phi) is 4.90. The fraction of sp³-hybridized carbons (Fsp3) is 0.167. The molecular weight excluding hydrogens is 387 g/mol. The molecule has 1 aliphatic rings. The molecule has 3 rings (SSSR count). The first-order valence-electron chi connectivity index (χ1n) is 7.28. The van der Waals surface area contributed by atoms with Crippen molar-refractivity contribution in [1.82, 2.24) is 3.53 Å². The molecular formula is C18H17IN2O. The van der Waals surface area contributed by atoms with Crippen LogP contribution in [0.1, 0.15) is 23.1 Å². The van der Waals surface area contributed by atoms with Gasteiger partial charge in [-0.2, -0.15) is 0 Å². The molecule has 0 spiro atoms. The second-order valence-corrected chi connectivity index (χ2v) is 5.97. The number of hydrogen-bond donors (Lipinski definition) is 1. The highest BCUT2D eigenvalue weighted by molar-refractivity contribution is 14.1. The molecule has 0 aromatic heterocycles. The van der Waals surface area contributed by atoms with E-state index < -0.39 is 0 Å². The number of carbonyl (C=O) groups excluding carboxylic acids is 1. The molecule has 1 N–H and O–H groups in total. The average Bonchev–Trinajstić information content (AvgIpc) is 2.55. The van der Waals surface area contributed by atoms with Crippen LogP contribution >= 0.6 is 22.9 Å². The number of amides is 1. The van der Waals surface area contributed by atoms with E-state index in [0.29, 0.717) is 19.5 Å². The van der Waals surface area contributed by atoms with Crippen LogP contribution in [0.15, 0.2) is 48.5 Å². The molecule has 0 saturated carbocycles. The number of halogens is 1. The molecule has 0 radical (unpaired) electrons. The standard InChI is InChI=1S/C18H17IN2O/c19-20-12-11-18(22)21-13-16-7-2-1-5-14(16)9-10-15-6-3-4-8-17(15)21/h1-10,20H,11-13H2/b10-9-. The van der Waals surface area contributed by atoms with Crippen molar-refractivity contribution in [1.29, 1.82) is 0 Å². The average molecular weight is 404 g/mol. The van der Waals surface area contributed by atoms with E-state index in [9.17, 15) is 4.79 Å². The molecule has 1 aliphatic heterocycles. The minimum absolute atomic E-state index is 0.140. The monoisotopic (exact) mass is 404 g/mol. The maximum Gasteiger partial charge on any atom is 0.228 e. The summed E-state index contributed by atoms with van der Waals surface area (Å²) < 4.78 is 3.02. The van der Waals surface area contributed by atoms with Crippen LogP contribution < -0.4 is 8.43 Å². The normalized spacial score (nSPS) is 14.5. The minimum atomic E-state index is 0.140. The van der Waals surface area contributed by atoms with E-state index in [0.717, 1.165) is 11.3 Å². The molecule has 22 heavy (non-hydrogen) atoms. The summed E-state index contributed by atoms with van der Waals surface area (Å²) in [6.07, 6.45) is 4.70. The summed E-state index contributed by atoms with van der Waals surface area (Å²) >= 11 is 2.07. The van der Waals surface area contributed by atoms with E-state index in [2.05, 4.69) is 56.7 Å². The lowest BCUT2D eigenvalue weighted by molar-refractivity contribution is -0.118. The van der Waals surface area contributed by atoms with Gasteiger partial charge in [-0.3, -0.25) is 8.32 Å². The van der Waals surface area contributed by atoms with E-state index in [-0.39, 0.29) is 5.91 Å². The summed E-state index contributed by atoms with van der Waals surface area (Å²) in [5.41, 5.74) is 4.39. The molecule has 112 valence electrons. The number of para-hydroxylation sites is 1. The van der Waals surface area contributed by atoms with Crippen molar-refractivity contribution in [2.75, 3.05) is 11.4 Å². The Morgan fingerprint density at radius 1 is 1.05 bits per heavy atom. The number of fused-ring (bicyclic) bond motifs is 2. The molecule has 1 amide bonds. The van der Waals surface area contributed by atoms with Crippen molar-refractivity contribution >= 4 is 46.6 Å². The zero-order valence-electron chi connectivity index (χ0n) is 12.1. The third kappa shape index (κ3) is 3.23. The van der Waals surface area contributed by atoms with Crippen LogP contribution in [0.5, 0.6) is 0 Å². The van der Waals surface area contributed by atoms with Crippen LogP contribution in [-0.2, 0) is 11.3 Å². The fourth-order valence-electron chi connectivity index (χ4n) is 2.66. The minimum Gasteiger partial charge on any atom is -0.307 e. The quantitative estimate of drug-likeness (QED) is 0.619. The van der Waals surface area contributed by atoms with Gasteiger partial charge in [0.15, 0.2) is 0 Å². The first kappa shape index (κ1) is 15.2. The van der Waals surface area contributed by atoms with E-state index in [1.165, 1.54) is 11.1 Å². The topological polar surface area (TPSA) is 32.3 Å². The highest BCUT2D eigenvalue weighted by Gasteiger charge is 2.20. The molecule has 3 nitrogen and oxygen atoms in total. The first-order valence-corrected chi connectivity index (χ1v) is 8.36. The van der Waals surface area contributed by atoms with Gasteiger partial charge in [-0.25, -0.2) is 0 Å². The van der Waals surface area contributed by atoms with Crippen LogP contribution in [0.3, 0.4) is 0 Å². The van der Waals surface area contributed by atoms with Crippen LogP contribution in [0.2, 0.25) is 0 Å². The highest BCUT2D eigenvalue weighted by atomic mass is 127. The molecule has 4 heteroatoms. The van der Waals surface area contributed by atoms with Crippen molar-refractivity contribution in [2.24, 2.45) is 0 Å². The first-order chi connectivity index (χ1) is 10.8.